The Kier molecular flexibility index (Phi) is 4.48. The van der Waals surface area contributed by atoms with Crippen LogP contribution in [0.15, 0.2) is 4.47 Å². The molecule has 5 heteroatoms. The Morgan fingerprint density at radius 3 is 2.80 bits per heavy atom. The quantitative estimate of drug-likeness (QED) is 0.863. The van der Waals surface area contributed by atoms with E-state index in [1.54, 1.807) is 0 Å². The lowest BCUT2D eigenvalue weighted by molar-refractivity contribution is 0.232. The molecule has 3 rings (SSSR count). The molecule has 0 aromatic carbocycles. The maximum atomic E-state index is 4.61. The molecule has 1 unspecified atom stereocenters. The van der Waals surface area contributed by atoms with E-state index in [0.29, 0.717) is 6.04 Å². The van der Waals surface area contributed by atoms with E-state index in [-0.39, 0.29) is 0 Å². The van der Waals surface area contributed by atoms with Gasteiger partial charge < -0.3 is 5.32 Å². The largest absolute Gasteiger partial charge is 0.312 e. The van der Waals surface area contributed by atoms with Crippen molar-refractivity contribution in [3.8, 4) is 0 Å². The third kappa shape index (κ3) is 3.10. The van der Waals surface area contributed by atoms with Gasteiger partial charge in [0.05, 0.1) is 15.9 Å². The smallest absolute Gasteiger partial charge is 0.0767 e. The Labute approximate surface area is 130 Å². The van der Waals surface area contributed by atoms with Gasteiger partial charge in [-0.25, -0.2) is 0 Å². The average Bonchev–Trinajstić information content (AvgIpc) is 3.11. The normalized spacial score (nSPS) is 23.6. The second-order valence-corrected chi connectivity index (χ2v) is 6.93. The van der Waals surface area contributed by atoms with Crippen LogP contribution in [-0.2, 0) is 20.0 Å². The van der Waals surface area contributed by atoms with Gasteiger partial charge >= 0.3 is 0 Å². The van der Waals surface area contributed by atoms with Crippen molar-refractivity contribution >= 4 is 15.9 Å². The zero-order valence-electron chi connectivity index (χ0n) is 12.5. The van der Waals surface area contributed by atoms with E-state index in [1.807, 2.05) is 4.68 Å². The fourth-order valence-corrected chi connectivity index (χ4v) is 3.85. The van der Waals surface area contributed by atoms with Crippen molar-refractivity contribution in [2.24, 2.45) is 7.05 Å². The van der Waals surface area contributed by atoms with Gasteiger partial charge in [0.1, 0.15) is 0 Å². The molecule has 2 aliphatic rings. The summed E-state index contributed by atoms with van der Waals surface area (Å²) >= 11 is 3.74. The average molecular weight is 341 g/mol. The molecule has 2 fully saturated rings. The fourth-order valence-electron chi connectivity index (χ4n) is 3.11. The third-order valence-corrected chi connectivity index (χ3v) is 5.49. The van der Waals surface area contributed by atoms with E-state index in [2.05, 4.69) is 45.2 Å². The van der Waals surface area contributed by atoms with Crippen LogP contribution in [0.3, 0.4) is 0 Å². The molecule has 0 bridgehead atoms. The lowest BCUT2D eigenvalue weighted by atomic mass is 10.2. The molecular weight excluding hydrogens is 316 g/mol. The van der Waals surface area contributed by atoms with E-state index < -0.39 is 0 Å². The Morgan fingerprint density at radius 1 is 1.35 bits per heavy atom. The predicted molar refractivity (Wildman–Crippen MR) is 84.7 cm³/mol. The number of nitrogens with one attached hydrogen (secondary N) is 1. The SMILES string of the molecule is CCc1nn(C)c(CN2CCCC2CNC2CC2)c1Br. The molecule has 0 spiro atoms. The highest BCUT2D eigenvalue weighted by molar-refractivity contribution is 9.10. The highest BCUT2D eigenvalue weighted by atomic mass is 79.9. The molecule has 1 saturated heterocycles. The first-order valence-corrected chi connectivity index (χ1v) is 8.66. The predicted octanol–water partition coefficient (Wildman–Crippen LogP) is 2.46. The number of rotatable bonds is 6. The Balaban J connectivity index is 1.64. The number of likely N-dealkylation sites (tertiary alicyclic amines) is 1. The highest BCUT2D eigenvalue weighted by Crippen LogP contribution is 2.27. The van der Waals surface area contributed by atoms with Gasteiger partial charge in [-0.15, -0.1) is 0 Å². The fraction of sp³-hybridized carbons (Fsp3) is 0.800. The maximum absolute atomic E-state index is 4.61. The molecule has 1 atom stereocenters. The Morgan fingerprint density at radius 2 is 2.15 bits per heavy atom. The first-order chi connectivity index (χ1) is 9.69. The number of hydrogen-bond donors (Lipinski definition) is 1. The van der Waals surface area contributed by atoms with Crippen molar-refractivity contribution in [1.29, 1.82) is 0 Å². The molecule has 0 radical (unpaired) electrons. The zero-order valence-corrected chi connectivity index (χ0v) is 14.1. The summed E-state index contributed by atoms with van der Waals surface area (Å²) in [6.07, 6.45) is 6.39. The number of hydrogen-bond acceptors (Lipinski definition) is 3. The molecule has 1 aliphatic heterocycles. The Bertz CT molecular complexity index is 467. The van der Waals surface area contributed by atoms with Crippen LogP contribution in [-0.4, -0.2) is 39.9 Å². The van der Waals surface area contributed by atoms with Crippen molar-refractivity contribution in [2.45, 2.75) is 57.7 Å². The van der Waals surface area contributed by atoms with Crippen LogP contribution >= 0.6 is 15.9 Å². The molecule has 0 amide bonds. The molecule has 2 heterocycles. The molecule has 4 nitrogen and oxygen atoms in total. The standard InChI is InChI=1S/C15H25BrN4/c1-3-13-15(16)14(19(2)18-13)10-20-8-4-5-12(20)9-17-11-6-7-11/h11-12,17H,3-10H2,1-2H3. The van der Waals surface area contributed by atoms with E-state index in [9.17, 15) is 0 Å². The van der Waals surface area contributed by atoms with Gasteiger partial charge in [0.2, 0.25) is 0 Å². The van der Waals surface area contributed by atoms with Gasteiger partial charge in [0.25, 0.3) is 0 Å². The zero-order chi connectivity index (χ0) is 14.1. The minimum absolute atomic E-state index is 0.697. The molecule has 1 aromatic rings. The van der Waals surface area contributed by atoms with Crippen LogP contribution in [0.2, 0.25) is 0 Å². The molecule has 1 N–H and O–H groups in total. The summed E-state index contributed by atoms with van der Waals surface area (Å²) in [7, 11) is 2.06. The van der Waals surface area contributed by atoms with Crippen LogP contribution in [0, 0.1) is 0 Å². The second-order valence-electron chi connectivity index (χ2n) is 6.13. The van der Waals surface area contributed by atoms with Gasteiger partial charge in [0.15, 0.2) is 0 Å². The monoisotopic (exact) mass is 340 g/mol. The molecule has 1 aromatic heterocycles. The minimum Gasteiger partial charge on any atom is -0.312 e. The summed E-state index contributed by atoms with van der Waals surface area (Å²) in [6.45, 7) is 5.55. The number of aryl methyl sites for hydroxylation is 2. The minimum atomic E-state index is 0.697. The topological polar surface area (TPSA) is 33.1 Å². The van der Waals surface area contributed by atoms with Gasteiger partial charge in [-0.05, 0) is 54.6 Å². The van der Waals surface area contributed by atoms with Gasteiger partial charge in [-0.1, -0.05) is 6.92 Å². The van der Waals surface area contributed by atoms with Gasteiger partial charge in [-0.3, -0.25) is 9.58 Å². The first kappa shape index (κ1) is 14.5. The van der Waals surface area contributed by atoms with Crippen molar-refractivity contribution in [3.05, 3.63) is 15.9 Å². The summed E-state index contributed by atoms with van der Waals surface area (Å²) in [5.41, 5.74) is 2.49. The van der Waals surface area contributed by atoms with Crippen molar-refractivity contribution in [1.82, 2.24) is 20.0 Å². The van der Waals surface area contributed by atoms with E-state index in [4.69, 9.17) is 0 Å². The molecule has 20 heavy (non-hydrogen) atoms. The van der Waals surface area contributed by atoms with Gasteiger partial charge in [-0.2, -0.15) is 5.10 Å². The van der Waals surface area contributed by atoms with Crippen molar-refractivity contribution in [2.75, 3.05) is 13.1 Å². The first-order valence-electron chi connectivity index (χ1n) is 7.86. The summed E-state index contributed by atoms with van der Waals surface area (Å²) in [4.78, 5) is 2.62. The molecule has 1 saturated carbocycles. The van der Waals surface area contributed by atoms with E-state index >= 15 is 0 Å². The van der Waals surface area contributed by atoms with Crippen LogP contribution in [0.1, 0.15) is 44.0 Å². The summed E-state index contributed by atoms with van der Waals surface area (Å²) < 4.78 is 3.26. The summed E-state index contributed by atoms with van der Waals surface area (Å²) in [5.74, 6) is 0. The molecule has 112 valence electrons. The Hall–Kier alpha value is -0.390. The van der Waals surface area contributed by atoms with Crippen LogP contribution in [0.25, 0.3) is 0 Å². The van der Waals surface area contributed by atoms with E-state index in [0.717, 1.165) is 25.6 Å². The second kappa shape index (κ2) is 6.16. The maximum Gasteiger partial charge on any atom is 0.0767 e. The summed E-state index contributed by atoms with van der Waals surface area (Å²) in [6, 6.07) is 1.51. The number of halogens is 1. The lowest BCUT2D eigenvalue weighted by Gasteiger charge is -2.25. The third-order valence-electron chi connectivity index (χ3n) is 4.57. The number of aromatic nitrogens is 2. The number of nitrogens with zero attached hydrogens (tertiary/aromatic N) is 3. The van der Waals surface area contributed by atoms with Gasteiger partial charge in [0, 0.05) is 32.2 Å². The lowest BCUT2D eigenvalue weighted by Crippen LogP contribution is -2.38. The molecule has 1 aliphatic carbocycles. The van der Waals surface area contributed by atoms with E-state index in [1.165, 1.54) is 48.1 Å². The van der Waals surface area contributed by atoms with Crippen LogP contribution in [0.4, 0.5) is 0 Å². The highest BCUT2D eigenvalue weighted by Gasteiger charge is 2.29. The summed E-state index contributed by atoms with van der Waals surface area (Å²) in [5, 5.41) is 8.29. The van der Waals surface area contributed by atoms with Crippen molar-refractivity contribution in [3.63, 3.8) is 0 Å². The molecular formula is C15H25BrN4. The van der Waals surface area contributed by atoms with Crippen LogP contribution in [0.5, 0.6) is 0 Å². The van der Waals surface area contributed by atoms with Crippen LogP contribution < -0.4 is 5.32 Å². The van der Waals surface area contributed by atoms with Crippen molar-refractivity contribution < 1.29 is 0 Å².